The molecule has 0 aromatic heterocycles. The summed E-state index contributed by atoms with van der Waals surface area (Å²) in [6.45, 7) is 0.378. The Balaban J connectivity index is 1.43. The summed E-state index contributed by atoms with van der Waals surface area (Å²) in [5.74, 6) is 0.209. The number of carboxylic acid groups (broad SMARTS) is 1. The quantitative estimate of drug-likeness (QED) is 0.757. The Hall–Kier alpha value is -2.04. The van der Waals surface area contributed by atoms with Gasteiger partial charge in [-0.2, -0.15) is 0 Å². The molecule has 2 saturated carbocycles. The lowest BCUT2D eigenvalue weighted by Crippen LogP contribution is -2.14. The van der Waals surface area contributed by atoms with Gasteiger partial charge in [-0.1, -0.05) is 0 Å². The average molecular weight is 289 g/mol. The number of hydrogen-bond acceptors (Lipinski definition) is 3. The van der Waals surface area contributed by atoms with E-state index in [0.29, 0.717) is 24.2 Å². The second kappa shape index (κ2) is 5.39. The number of carboxylic acids is 1. The molecule has 2 N–H and O–H groups in total. The monoisotopic (exact) mass is 289 g/mol. The van der Waals surface area contributed by atoms with Crippen molar-refractivity contribution in [1.82, 2.24) is 0 Å². The fourth-order valence-electron chi connectivity index (χ4n) is 2.71. The molecule has 5 heteroatoms. The van der Waals surface area contributed by atoms with Crippen LogP contribution in [0.5, 0.6) is 5.75 Å². The van der Waals surface area contributed by atoms with Crippen LogP contribution in [0.25, 0.3) is 0 Å². The van der Waals surface area contributed by atoms with E-state index in [9.17, 15) is 9.59 Å². The third kappa shape index (κ3) is 3.35. The number of carbonyl (C=O) groups excluding carboxylic acids is 1. The summed E-state index contributed by atoms with van der Waals surface area (Å²) in [5.41, 5.74) is 1.15. The third-order valence-electron chi connectivity index (χ3n) is 4.32. The number of nitrogens with one attached hydrogen (secondary N) is 1. The van der Waals surface area contributed by atoms with Crippen molar-refractivity contribution in [2.75, 3.05) is 11.9 Å². The first kappa shape index (κ1) is 13.9. The number of hydrogen-bond donors (Lipinski definition) is 2. The van der Waals surface area contributed by atoms with Crippen LogP contribution in [-0.2, 0) is 9.59 Å². The van der Waals surface area contributed by atoms with Gasteiger partial charge in [0.15, 0.2) is 0 Å². The van der Waals surface area contributed by atoms with Crippen LogP contribution in [0, 0.1) is 11.3 Å². The minimum Gasteiger partial charge on any atom is -0.494 e. The van der Waals surface area contributed by atoms with Crippen LogP contribution in [0.1, 0.15) is 32.1 Å². The van der Waals surface area contributed by atoms with E-state index in [4.69, 9.17) is 9.84 Å². The van der Waals surface area contributed by atoms with Crippen LogP contribution < -0.4 is 10.1 Å². The summed E-state index contributed by atoms with van der Waals surface area (Å²) < 4.78 is 5.44. The van der Waals surface area contributed by atoms with Gasteiger partial charge in [-0.05, 0) is 55.4 Å². The Morgan fingerprint density at radius 3 is 2.57 bits per heavy atom. The zero-order valence-corrected chi connectivity index (χ0v) is 11.8. The highest BCUT2D eigenvalue weighted by Crippen LogP contribution is 2.70. The number of ether oxygens (including phenoxy) is 1. The summed E-state index contributed by atoms with van der Waals surface area (Å²) in [5, 5.41) is 11.5. The highest BCUT2D eigenvalue weighted by atomic mass is 16.5. The van der Waals surface area contributed by atoms with Gasteiger partial charge in [0.2, 0.25) is 5.91 Å². The van der Waals surface area contributed by atoms with Gasteiger partial charge in [0.25, 0.3) is 0 Å². The van der Waals surface area contributed by atoms with E-state index in [-0.39, 0.29) is 18.2 Å². The van der Waals surface area contributed by atoms with Crippen LogP contribution in [0.4, 0.5) is 5.69 Å². The topological polar surface area (TPSA) is 75.6 Å². The molecule has 0 aliphatic heterocycles. The molecule has 3 rings (SSSR count). The first-order valence-electron chi connectivity index (χ1n) is 7.35. The van der Waals surface area contributed by atoms with Crippen molar-refractivity contribution in [2.24, 2.45) is 11.3 Å². The first-order valence-corrected chi connectivity index (χ1v) is 7.35. The van der Waals surface area contributed by atoms with Crippen molar-refractivity contribution < 1.29 is 19.4 Å². The summed E-state index contributed by atoms with van der Waals surface area (Å²) >= 11 is 0. The van der Waals surface area contributed by atoms with E-state index in [1.54, 1.807) is 12.1 Å². The summed E-state index contributed by atoms with van der Waals surface area (Å²) in [7, 11) is 0. The second-order valence-electron chi connectivity index (χ2n) is 5.98. The molecule has 5 nitrogen and oxygen atoms in total. The molecule has 0 saturated heterocycles. The summed E-state index contributed by atoms with van der Waals surface area (Å²) in [6, 6.07) is 7.20. The molecule has 2 aliphatic carbocycles. The number of amides is 1. The maximum atomic E-state index is 12.0. The maximum absolute atomic E-state index is 12.0. The van der Waals surface area contributed by atoms with Crippen molar-refractivity contribution in [1.29, 1.82) is 0 Å². The van der Waals surface area contributed by atoms with E-state index < -0.39 is 5.97 Å². The smallest absolute Gasteiger partial charge is 0.303 e. The zero-order valence-electron chi connectivity index (χ0n) is 11.8. The predicted molar refractivity (Wildman–Crippen MR) is 77.2 cm³/mol. The fraction of sp³-hybridized carbons (Fsp3) is 0.500. The molecule has 1 unspecified atom stereocenters. The van der Waals surface area contributed by atoms with Crippen LogP contribution in [0.2, 0.25) is 0 Å². The van der Waals surface area contributed by atoms with Gasteiger partial charge in [-0.25, -0.2) is 0 Å². The fourth-order valence-corrected chi connectivity index (χ4v) is 2.71. The van der Waals surface area contributed by atoms with Crippen LogP contribution >= 0.6 is 0 Å². The van der Waals surface area contributed by atoms with Crippen LogP contribution in [-0.4, -0.2) is 23.6 Å². The summed E-state index contributed by atoms with van der Waals surface area (Å²) in [4.78, 5) is 22.4. The van der Waals surface area contributed by atoms with Gasteiger partial charge in [0.05, 0.1) is 6.61 Å². The molecule has 1 spiro atoms. The normalized spacial score (nSPS) is 20.9. The molecule has 112 valence electrons. The highest BCUT2D eigenvalue weighted by molar-refractivity contribution is 5.95. The highest BCUT2D eigenvalue weighted by Gasteiger charge is 2.65. The average Bonchev–Trinajstić information content (AvgIpc) is 3.37. The zero-order chi connectivity index (χ0) is 14.9. The minimum atomic E-state index is -0.815. The number of benzene rings is 1. The Kier molecular flexibility index (Phi) is 3.57. The van der Waals surface area contributed by atoms with E-state index in [1.165, 1.54) is 12.8 Å². The minimum absolute atomic E-state index is 0.108. The number of anilines is 1. The van der Waals surface area contributed by atoms with Crippen molar-refractivity contribution >= 4 is 17.6 Å². The predicted octanol–water partition coefficient (Wildman–Crippen LogP) is 2.67. The van der Waals surface area contributed by atoms with Crippen molar-refractivity contribution in [3.63, 3.8) is 0 Å². The Morgan fingerprint density at radius 1 is 1.29 bits per heavy atom. The molecule has 0 bridgehead atoms. The second-order valence-corrected chi connectivity index (χ2v) is 5.98. The van der Waals surface area contributed by atoms with Gasteiger partial charge in [-0.15, -0.1) is 0 Å². The van der Waals surface area contributed by atoms with E-state index >= 15 is 0 Å². The molecule has 1 aromatic rings. The van der Waals surface area contributed by atoms with Crippen LogP contribution in [0.15, 0.2) is 24.3 Å². The SMILES string of the molecule is O=C(O)CCCOc1ccc(NC(=O)C2CC23CC3)cc1. The van der Waals surface area contributed by atoms with Crippen molar-refractivity contribution in [3.8, 4) is 5.75 Å². The van der Waals surface area contributed by atoms with E-state index in [0.717, 1.165) is 12.1 Å². The molecule has 2 fully saturated rings. The Bertz CT molecular complexity index is 548. The standard InChI is InChI=1S/C16H19NO4/c18-14(19)2-1-9-21-12-5-3-11(4-6-12)17-15(20)13-10-16(13)7-8-16/h3-6,13H,1-2,7-10H2,(H,17,20)(H,18,19). The van der Waals surface area contributed by atoms with Gasteiger partial charge in [0.1, 0.15) is 5.75 Å². The molecular weight excluding hydrogens is 270 g/mol. The molecule has 1 atom stereocenters. The van der Waals surface area contributed by atoms with Gasteiger partial charge in [0, 0.05) is 18.0 Å². The first-order chi connectivity index (χ1) is 10.1. The molecule has 2 aliphatic rings. The lowest BCUT2D eigenvalue weighted by atomic mass is 10.2. The number of aliphatic carboxylic acids is 1. The van der Waals surface area contributed by atoms with Gasteiger partial charge >= 0.3 is 5.97 Å². The lowest BCUT2D eigenvalue weighted by molar-refractivity contribution is -0.137. The molecule has 1 aromatic carbocycles. The van der Waals surface area contributed by atoms with Crippen molar-refractivity contribution in [2.45, 2.75) is 32.1 Å². The Labute approximate surface area is 123 Å². The molecule has 0 heterocycles. The van der Waals surface area contributed by atoms with E-state index in [2.05, 4.69) is 5.32 Å². The van der Waals surface area contributed by atoms with Gasteiger partial charge < -0.3 is 15.2 Å². The van der Waals surface area contributed by atoms with Crippen molar-refractivity contribution in [3.05, 3.63) is 24.3 Å². The number of rotatable bonds is 7. The van der Waals surface area contributed by atoms with Gasteiger partial charge in [-0.3, -0.25) is 9.59 Å². The van der Waals surface area contributed by atoms with Crippen LogP contribution in [0.3, 0.4) is 0 Å². The molecule has 21 heavy (non-hydrogen) atoms. The summed E-state index contributed by atoms with van der Waals surface area (Å²) in [6.07, 6.45) is 4.04. The number of carbonyl (C=O) groups is 2. The molecule has 1 amide bonds. The molecular formula is C16H19NO4. The molecule has 0 radical (unpaired) electrons. The third-order valence-corrected chi connectivity index (χ3v) is 4.32. The lowest BCUT2D eigenvalue weighted by Gasteiger charge is -2.08. The van der Waals surface area contributed by atoms with E-state index in [1.807, 2.05) is 12.1 Å². The largest absolute Gasteiger partial charge is 0.494 e. The Morgan fingerprint density at radius 2 is 2.00 bits per heavy atom. The maximum Gasteiger partial charge on any atom is 0.303 e.